The van der Waals surface area contributed by atoms with Crippen molar-refractivity contribution in [2.75, 3.05) is 0 Å². The number of ether oxygens (including phenoxy) is 1. The lowest BCUT2D eigenvalue weighted by molar-refractivity contribution is -0.659. The molecule has 34 heavy (non-hydrogen) atoms. The fourth-order valence-corrected chi connectivity index (χ4v) is 6.00. The molecule has 0 aliphatic carbocycles. The first kappa shape index (κ1) is 21.2. The van der Waals surface area contributed by atoms with Crippen LogP contribution in [0.5, 0.6) is 11.5 Å². The van der Waals surface area contributed by atoms with Gasteiger partial charge in [-0.05, 0) is 57.0 Å². The minimum Gasteiger partial charge on any atom is -0.455 e. The smallest absolute Gasteiger partial charge is 0.228 e. The molecule has 2 heterocycles. The van der Waals surface area contributed by atoms with Crippen LogP contribution in [0.15, 0.2) is 60.8 Å². The van der Waals surface area contributed by atoms with E-state index in [1.807, 2.05) is 0 Å². The average molecular weight is 447 g/mol. The van der Waals surface area contributed by atoms with Crippen LogP contribution in [0.1, 0.15) is 57.2 Å². The Kier molecular flexibility index (Phi) is 4.39. The van der Waals surface area contributed by atoms with Crippen molar-refractivity contribution in [3.8, 4) is 22.8 Å². The molecule has 0 bridgehead atoms. The van der Waals surface area contributed by atoms with Crippen molar-refractivity contribution < 1.29 is 9.30 Å². The molecule has 0 radical (unpaired) electrons. The first-order valence-corrected chi connectivity index (χ1v) is 12.3. The predicted octanol–water partition coefficient (Wildman–Crippen LogP) is 8.47. The summed E-state index contributed by atoms with van der Waals surface area (Å²) in [5.74, 6) is 2.33. The van der Waals surface area contributed by atoms with Crippen molar-refractivity contribution in [1.82, 2.24) is 0 Å². The van der Waals surface area contributed by atoms with Gasteiger partial charge in [-0.2, -0.15) is 0 Å². The van der Waals surface area contributed by atoms with E-state index in [0.29, 0.717) is 5.92 Å². The van der Waals surface area contributed by atoms with E-state index in [-0.39, 0.29) is 5.41 Å². The number of benzene rings is 4. The molecular formula is C32H32NO+. The van der Waals surface area contributed by atoms with Gasteiger partial charge in [0.2, 0.25) is 5.69 Å². The van der Waals surface area contributed by atoms with Crippen LogP contribution in [-0.4, -0.2) is 0 Å². The number of fused-ring (bicyclic) bond motifs is 5. The lowest BCUT2D eigenvalue weighted by Crippen LogP contribution is -2.32. The molecule has 6 rings (SSSR count). The van der Waals surface area contributed by atoms with Crippen LogP contribution >= 0.6 is 0 Å². The number of rotatable bonds is 1. The van der Waals surface area contributed by atoms with Gasteiger partial charge in [-0.25, -0.2) is 4.57 Å². The van der Waals surface area contributed by atoms with Crippen molar-refractivity contribution in [2.24, 2.45) is 7.05 Å². The van der Waals surface area contributed by atoms with E-state index in [4.69, 9.17) is 4.74 Å². The van der Waals surface area contributed by atoms with E-state index in [1.54, 1.807) is 0 Å². The van der Waals surface area contributed by atoms with Gasteiger partial charge in [-0.15, -0.1) is 0 Å². The van der Waals surface area contributed by atoms with Crippen LogP contribution < -0.4 is 9.30 Å². The van der Waals surface area contributed by atoms with Gasteiger partial charge in [0.05, 0.1) is 10.9 Å². The normalized spacial score (nSPS) is 13.1. The van der Waals surface area contributed by atoms with Crippen LogP contribution in [0.3, 0.4) is 0 Å². The molecule has 5 aromatic rings. The van der Waals surface area contributed by atoms with E-state index in [0.717, 1.165) is 11.5 Å². The Labute approximate surface area is 201 Å². The zero-order valence-corrected chi connectivity index (χ0v) is 21.2. The molecule has 0 atom stereocenters. The number of aromatic nitrogens is 1. The standard InChI is InChI=1S/C32H32NO/c1-18(2)26-22-13-9-8-12-21(22)19(3)27-30-29-23(15-16-33(30)7)28-20(17-25(29)34-31(26)27)11-10-14-24(28)32(4,5)6/h8-18H,1-7H3/q+1. The lowest BCUT2D eigenvalue weighted by atomic mass is 9.81. The minimum absolute atomic E-state index is 0.0476. The SMILES string of the molecule is Cc1c2c(c(C(C)C)c3ccccc13)Oc1cc3cccc(C(C)(C)C)c3c3cc[n+](C)c-2c13. The molecule has 4 aromatic carbocycles. The summed E-state index contributed by atoms with van der Waals surface area (Å²) >= 11 is 0. The first-order chi connectivity index (χ1) is 16.2. The summed E-state index contributed by atoms with van der Waals surface area (Å²) in [6.45, 7) is 13.7. The Morgan fingerprint density at radius 1 is 0.853 bits per heavy atom. The average Bonchev–Trinajstić information content (AvgIpc) is 2.79. The van der Waals surface area contributed by atoms with Crippen LogP contribution in [0.2, 0.25) is 0 Å². The second-order valence-electron chi connectivity index (χ2n) is 11.1. The quantitative estimate of drug-likeness (QED) is 0.182. The molecule has 0 fully saturated rings. The maximum Gasteiger partial charge on any atom is 0.228 e. The highest BCUT2D eigenvalue weighted by Crippen LogP contribution is 2.53. The third-order valence-electron chi connectivity index (χ3n) is 7.52. The summed E-state index contributed by atoms with van der Waals surface area (Å²) < 4.78 is 9.19. The van der Waals surface area contributed by atoms with Crippen molar-refractivity contribution in [1.29, 1.82) is 0 Å². The number of pyridine rings is 1. The molecule has 2 nitrogen and oxygen atoms in total. The molecule has 0 N–H and O–H groups in total. The number of hydrogen-bond acceptors (Lipinski definition) is 1. The molecule has 1 aliphatic rings. The fourth-order valence-electron chi connectivity index (χ4n) is 6.00. The minimum atomic E-state index is 0.0476. The van der Waals surface area contributed by atoms with Crippen LogP contribution in [-0.2, 0) is 12.5 Å². The third-order valence-corrected chi connectivity index (χ3v) is 7.52. The molecular weight excluding hydrogens is 414 g/mol. The molecule has 1 aliphatic heterocycles. The fraction of sp³-hybridized carbons (Fsp3) is 0.281. The summed E-state index contributed by atoms with van der Waals surface area (Å²) in [7, 11) is 2.16. The predicted molar refractivity (Wildman–Crippen MR) is 143 cm³/mol. The van der Waals surface area contributed by atoms with Crippen LogP contribution in [0.4, 0.5) is 0 Å². The Hall–Kier alpha value is -3.39. The highest BCUT2D eigenvalue weighted by atomic mass is 16.5. The van der Waals surface area contributed by atoms with E-state index < -0.39 is 0 Å². The Morgan fingerprint density at radius 2 is 1.59 bits per heavy atom. The van der Waals surface area contributed by atoms with Crippen LogP contribution in [0, 0.1) is 6.92 Å². The van der Waals surface area contributed by atoms with E-state index in [1.165, 1.54) is 60.3 Å². The summed E-state index contributed by atoms with van der Waals surface area (Å²) in [6.07, 6.45) is 2.22. The monoisotopic (exact) mass is 446 g/mol. The maximum atomic E-state index is 6.91. The van der Waals surface area contributed by atoms with Gasteiger partial charge >= 0.3 is 0 Å². The second kappa shape index (κ2) is 7.06. The molecule has 0 spiro atoms. The molecule has 0 amide bonds. The van der Waals surface area contributed by atoms with Gasteiger partial charge in [0.1, 0.15) is 18.5 Å². The van der Waals surface area contributed by atoms with Gasteiger partial charge in [0, 0.05) is 17.0 Å². The van der Waals surface area contributed by atoms with Gasteiger partial charge in [0.15, 0.2) is 6.20 Å². The third kappa shape index (κ3) is 2.78. The zero-order chi connectivity index (χ0) is 23.9. The molecule has 170 valence electrons. The molecule has 2 heteroatoms. The highest BCUT2D eigenvalue weighted by Gasteiger charge is 2.34. The Balaban J connectivity index is 1.86. The highest BCUT2D eigenvalue weighted by molar-refractivity contribution is 6.17. The van der Waals surface area contributed by atoms with Gasteiger partial charge in [0.25, 0.3) is 0 Å². The summed E-state index contributed by atoms with van der Waals surface area (Å²) in [5.41, 5.74) is 6.49. The van der Waals surface area contributed by atoms with Gasteiger partial charge in [-0.3, -0.25) is 0 Å². The molecule has 0 saturated carbocycles. The van der Waals surface area contributed by atoms with E-state index in [9.17, 15) is 0 Å². The van der Waals surface area contributed by atoms with Gasteiger partial charge in [-0.1, -0.05) is 77.1 Å². The zero-order valence-electron chi connectivity index (χ0n) is 21.2. The summed E-state index contributed by atoms with van der Waals surface area (Å²) in [4.78, 5) is 0. The topological polar surface area (TPSA) is 13.1 Å². The summed E-state index contributed by atoms with van der Waals surface area (Å²) in [5, 5.41) is 7.67. The van der Waals surface area contributed by atoms with Crippen molar-refractivity contribution in [2.45, 2.75) is 52.9 Å². The largest absolute Gasteiger partial charge is 0.455 e. The Morgan fingerprint density at radius 3 is 2.29 bits per heavy atom. The van der Waals surface area contributed by atoms with Crippen LogP contribution in [0.25, 0.3) is 43.6 Å². The number of hydrogen-bond donors (Lipinski definition) is 0. The number of nitrogens with zero attached hydrogens (tertiary/aromatic N) is 1. The number of aryl methyl sites for hydroxylation is 2. The molecule has 0 saturated heterocycles. The second-order valence-corrected chi connectivity index (χ2v) is 11.1. The van der Waals surface area contributed by atoms with Crippen molar-refractivity contribution >= 4 is 32.3 Å². The summed E-state index contributed by atoms with van der Waals surface area (Å²) in [6, 6.07) is 20.0. The van der Waals surface area contributed by atoms with Crippen molar-refractivity contribution in [3.05, 3.63) is 77.5 Å². The van der Waals surface area contributed by atoms with Gasteiger partial charge < -0.3 is 4.74 Å². The first-order valence-electron chi connectivity index (χ1n) is 12.3. The Bertz CT molecular complexity index is 1650. The lowest BCUT2D eigenvalue weighted by Gasteiger charge is -2.28. The molecule has 1 aromatic heterocycles. The van der Waals surface area contributed by atoms with E-state index in [2.05, 4.69) is 114 Å². The molecule has 0 unspecified atom stereocenters. The van der Waals surface area contributed by atoms with E-state index >= 15 is 0 Å². The maximum absolute atomic E-state index is 6.91. The van der Waals surface area contributed by atoms with Crippen molar-refractivity contribution in [3.63, 3.8) is 0 Å².